The average molecular weight is 154 g/mol. The summed E-state index contributed by atoms with van der Waals surface area (Å²) in [5.41, 5.74) is 0.555. The van der Waals surface area contributed by atoms with E-state index >= 15 is 0 Å². The van der Waals surface area contributed by atoms with E-state index in [4.69, 9.17) is 0 Å². The largest absolute Gasteiger partial charge is 0.290 e. The molecule has 11 heavy (non-hydrogen) atoms. The smallest absolute Gasteiger partial charge is 0.0626 e. The lowest BCUT2D eigenvalue weighted by Gasteiger charge is -2.20. The number of fused-ring (bicyclic) bond motifs is 1. The normalized spacial score (nSPS) is 37.9. The van der Waals surface area contributed by atoms with Crippen molar-refractivity contribution in [1.82, 2.24) is 9.80 Å². The molecule has 0 aromatic carbocycles. The molecule has 0 saturated carbocycles. The van der Waals surface area contributed by atoms with Crippen LogP contribution in [-0.4, -0.2) is 42.6 Å². The molecule has 64 valence electrons. The summed E-state index contributed by atoms with van der Waals surface area (Å²) < 4.78 is 0. The van der Waals surface area contributed by atoms with Crippen LogP contribution < -0.4 is 0 Å². The maximum atomic E-state index is 2.61. The molecule has 2 rings (SSSR count). The molecule has 0 radical (unpaired) electrons. The van der Waals surface area contributed by atoms with Crippen LogP contribution in [0, 0.1) is 5.41 Å². The zero-order valence-electron chi connectivity index (χ0n) is 7.80. The third kappa shape index (κ3) is 1.18. The monoisotopic (exact) mass is 154 g/mol. The fraction of sp³-hybridized carbons (Fsp3) is 1.00. The number of hydrogen-bond acceptors (Lipinski definition) is 2. The Kier molecular flexibility index (Phi) is 1.52. The quantitative estimate of drug-likeness (QED) is 0.513. The van der Waals surface area contributed by atoms with Crippen LogP contribution in [0.2, 0.25) is 0 Å². The third-order valence-electron chi connectivity index (χ3n) is 3.04. The zero-order valence-corrected chi connectivity index (χ0v) is 7.80. The van der Waals surface area contributed by atoms with Gasteiger partial charge in [0.2, 0.25) is 0 Å². The van der Waals surface area contributed by atoms with Gasteiger partial charge in [-0.3, -0.25) is 9.80 Å². The molecule has 0 aromatic rings. The first-order valence-electron chi connectivity index (χ1n) is 4.53. The van der Waals surface area contributed by atoms with Gasteiger partial charge in [0, 0.05) is 19.6 Å². The van der Waals surface area contributed by atoms with Crippen LogP contribution in [0.3, 0.4) is 0 Å². The molecular formula is C9H18N2. The van der Waals surface area contributed by atoms with Gasteiger partial charge in [-0.1, -0.05) is 13.8 Å². The minimum atomic E-state index is 0.555. The van der Waals surface area contributed by atoms with E-state index in [9.17, 15) is 0 Å². The fourth-order valence-electron chi connectivity index (χ4n) is 2.44. The van der Waals surface area contributed by atoms with Gasteiger partial charge in [0.05, 0.1) is 6.17 Å². The molecule has 0 aliphatic carbocycles. The van der Waals surface area contributed by atoms with Crippen molar-refractivity contribution in [2.75, 3.05) is 26.7 Å². The molecule has 2 saturated heterocycles. The highest BCUT2D eigenvalue weighted by Gasteiger charge is 2.42. The Bertz CT molecular complexity index is 165. The molecule has 0 spiro atoms. The second-order valence-corrected chi connectivity index (χ2v) is 4.80. The lowest BCUT2D eigenvalue weighted by Crippen LogP contribution is -2.30. The van der Waals surface area contributed by atoms with E-state index in [0.29, 0.717) is 5.41 Å². The average Bonchev–Trinajstić information content (AvgIpc) is 2.31. The molecule has 0 aromatic heterocycles. The molecule has 1 unspecified atom stereocenters. The molecule has 0 amide bonds. The number of nitrogens with zero attached hydrogens (tertiary/aromatic N) is 2. The second kappa shape index (κ2) is 2.20. The number of rotatable bonds is 0. The number of hydrogen-bond donors (Lipinski definition) is 0. The molecule has 2 nitrogen and oxygen atoms in total. The molecule has 2 heterocycles. The van der Waals surface area contributed by atoms with Gasteiger partial charge in [-0.15, -0.1) is 0 Å². The third-order valence-corrected chi connectivity index (χ3v) is 3.04. The summed E-state index contributed by atoms with van der Waals surface area (Å²) in [4.78, 5) is 5.09. The predicted molar refractivity (Wildman–Crippen MR) is 46.4 cm³/mol. The summed E-state index contributed by atoms with van der Waals surface area (Å²) in [5.74, 6) is 0. The molecule has 0 N–H and O–H groups in total. The van der Waals surface area contributed by atoms with Gasteiger partial charge >= 0.3 is 0 Å². The minimum absolute atomic E-state index is 0.555. The summed E-state index contributed by atoms with van der Waals surface area (Å²) >= 11 is 0. The highest BCUT2D eigenvalue weighted by atomic mass is 15.4. The van der Waals surface area contributed by atoms with E-state index in [1.54, 1.807) is 0 Å². The Morgan fingerprint density at radius 3 is 2.64 bits per heavy atom. The van der Waals surface area contributed by atoms with E-state index in [-0.39, 0.29) is 0 Å². The van der Waals surface area contributed by atoms with Crippen molar-refractivity contribution in [3.63, 3.8) is 0 Å². The van der Waals surface area contributed by atoms with Crippen molar-refractivity contribution in [2.24, 2.45) is 5.41 Å². The minimum Gasteiger partial charge on any atom is -0.290 e. The first-order chi connectivity index (χ1) is 5.08. The Hall–Kier alpha value is -0.0800. The van der Waals surface area contributed by atoms with E-state index in [0.717, 1.165) is 6.17 Å². The van der Waals surface area contributed by atoms with Crippen molar-refractivity contribution in [2.45, 2.75) is 26.4 Å². The van der Waals surface area contributed by atoms with Crippen LogP contribution >= 0.6 is 0 Å². The molecular weight excluding hydrogens is 136 g/mol. The first-order valence-corrected chi connectivity index (χ1v) is 4.53. The number of likely N-dealkylation sites (N-methyl/N-ethyl adjacent to an activating group) is 1. The Morgan fingerprint density at radius 1 is 1.27 bits per heavy atom. The summed E-state index contributed by atoms with van der Waals surface area (Å²) in [5, 5.41) is 0. The summed E-state index contributed by atoms with van der Waals surface area (Å²) in [6, 6.07) is 0. The highest BCUT2D eigenvalue weighted by Crippen LogP contribution is 2.36. The van der Waals surface area contributed by atoms with Gasteiger partial charge in [0.25, 0.3) is 0 Å². The van der Waals surface area contributed by atoms with Gasteiger partial charge in [-0.25, -0.2) is 0 Å². The Labute approximate surface area is 69.2 Å². The van der Waals surface area contributed by atoms with E-state index in [1.165, 1.54) is 26.1 Å². The van der Waals surface area contributed by atoms with Gasteiger partial charge in [-0.2, -0.15) is 0 Å². The van der Waals surface area contributed by atoms with Crippen molar-refractivity contribution < 1.29 is 0 Å². The molecule has 2 heteroatoms. The van der Waals surface area contributed by atoms with Crippen LogP contribution in [0.25, 0.3) is 0 Å². The Balaban J connectivity index is 2.10. The molecule has 2 aliphatic rings. The standard InChI is InChI=1S/C9H18N2/c1-9(2)6-8-10(3)4-5-11(8)7-9/h8H,4-7H2,1-3H3. The molecule has 2 aliphatic heterocycles. The predicted octanol–water partition coefficient (Wildman–Crippen LogP) is 0.990. The highest BCUT2D eigenvalue weighted by molar-refractivity contribution is 4.93. The summed E-state index contributed by atoms with van der Waals surface area (Å²) in [7, 11) is 2.24. The van der Waals surface area contributed by atoms with Gasteiger partial charge in [0.1, 0.15) is 0 Å². The lowest BCUT2D eigenvalue weighted by atomic mass is 9.92. The van der Waals surface area contributed by atoms with Crippen molar-refractivity contribution >= 4 is 0 Å². The van der Waals surface area contributed by atoms with E-state index in [1.807, 2.05) is 0 Å². The van der Waals surface area contributed by atoms with E-state index < -0.39 is 0 Å². The van der Waals surface area contributed by atoms with E-state index in [2.05, 4.69) is 30.7 Å². The summed E-state index contributed by atoms with van der Waals surface area (Å²) in [6.45, 7) is 8.59. The van der Waals surface area contributed by atoms with Gasteiger partial charge < -0.3 is 0 Å². The Morgan fingerprint density at radius 2 is 2.00 bits per heavy atom. The maximum Gasteiger partial charge on any atom is 0.0626 e. The molecule has 0 bridgehead atoms. The van der Waals surface area contributed by atoms with Crippen LogP contribution in [0.15, 0.2) is 0 Å². The zero-order chi connectivity index (χ0) is 8.06. The molecule has 1 atom stereocenters. The fourth-order valence-corrected chi connectivity index (χ4v) is 2.44. The van der Waals surface area contributed by atoms with Crippen LogP contribution in [0.4, 0.5) is 0 Å². The van der Waals surface area contributed by atoms with Crippen LogP contribution in [-0.2, 0) is 0 Å². The topological polar surface area (TPSA) is 6.48 Å². The second-order valence-electron chi connectivity index (χ2n) is 4.80. The summed E-state index contributed by atoms with van der Waals surface area (Å²) in [6.07, 6.45) is 2.11. The van der Waals surface area contributed by atoms with Crippen LogP contribution in [0.5, 0.6) is 0 Å². The SMILES string of the molecule is CN1CCN2CC(C)(C)CC12. The lowest BCUT2D eigenvalue weighted by molar-refractivity contribution is 0.207. The van der Waals surface area contributed by atoms with Crippen molar-refractivity contribution in [3.8, 4) is 0 Å². The van der Waals surface area contributed by atoms with Crippen molar-refractivity contribution in [3.05, 3.63) is 0 Å². The van der Waals surface area contributed by atoms with Gasteiger partial charge in [0.15, 0.2) is 0 Å². The van der Waals surface area contributed by atoms with Crippen molar-refractivity contribution in [1.29, 1.82) is 0 Å². The van der Waals surface area contributed by atoms with Crippen LogP contribution in [0.1, 0.15) is 20.3 Å². The molecule has 2 fully saturated rings. The first kappa shape index (κ1) is 7.56. The van der Waals surface area contributed by atoms with Gasteiger partial charge in [-0.05, 0) is 18.9 Å². The maximum absolute atomic E-state index is 2.61.